The maximum absolute atomic E-state index is 11.3. The van der Waals surface area contributed by atoms with E-state index in [1.807, 2.05) is 31.2 Å². The number of benzene rings is 2. The van der Waals surface area contributed by atoms with Crippen molar-refractivity contribution in [3.05, 3.63) is 53.6 Å². The molecule has 2 unspecified atom stereocenters. The van der Waals surface area contributed by atoms with Crippen molar-refractivity contribution < 1.29 is 13.2 Å². The van der Waals surface area contributed by atoms with E-state index in [-0.39, 0.29) is 12.2 Å². The van der Waals surface area contributed by atoms with Gasteiger partial charge in [-0.15, -0.1) is 0 Å². The Morgan fingerprint density at radius 1 is 1.12 bits per heavy atom. The Bertz CT molecular complexity index is 869. The third kappa shape index (κ3) is 4.66. The molecular weight excluding hydrogens is 352 g/mol. The first kappa shape index (κ1) is 18.5. The molecule has 8 heteroatoms. The minimum atomic E-state index is -3.27. The van der Waals surface area contributed by atoms with Crippen LogP contribution in [0.1, 0.15) is 23.6 Å². The van der Waals surface area contributed by atoms with Gasteiger partial charge in [-0.3, -0.25) is 4.72 Å². The second kappa shape index (κ2) is 7.53. The molecule has 1 aliphatic heterocycles. The van der Waals surface area contributed by atoms with Crippen molar-refractivity contribution in [1.82, 2.24) is 10.9 Å². The van der Waals surface area contributed by atoms with Crippen LogP contribution in [0.5, 0.6) is 5.75 Å². The number of hydrogen-bond donors (Lipinski definition) is 4. The Labute approximate surface area is 154 Å². The van der Waals surface area contributed by atoms with Crippen LogP contribution in [0.25, 0.3) is 0 Å². The number of ether oxygens (including phenoxy) is 1. The Balaban J connectivity index is 1.63. The normalized spacial score (nSPS) is 20.0. The van der Waals surface area contributed by atoms with Gasteiger partial charge in [-0.1, -0.05) is 12.1 Å². The summed E-state index contributed by atoms with van der Waals surface area (Å²) in [6.07, 6.45) is 2.08. The van der Waals surface area contributed by atoms with Crippen molar-refractivity contribution in [2.45, 2.75) is 25.6 Å². The first-order valence-corrected chi connectivity index (χ1v) is 10.2. The third-order valence-electron chi connectivity index (χ3n) is 4.28. The van der Waals surface area contributed by atoms with Gasteiger partial charge < -0.3 is 10.1 Å². The molecule has 0 bridgehead atoms. The molecule has 2 aromatic rings. The van der Waals surface area contributed by atoms with E-state index >= 15 is 0 Å². The van der Waals surface area contributed by atoms with Gasteiger partial charge in [0.1, 0.15) is 5.75 Å². The lowest BCUT2D eigenvalue weighted by Crippen LogP contribution is -2.36. The van der Waals surface area contributed by atoms with Crippen molar-refractivity contribution in [2.75, 3.05) is 23.4 Å². The third-order valence-corrected chi connectivity index (χ3v) is 4.89. The zero-order valence-electron chi connectivity index (χ0n) is 15.0. The molecule has 4 N–H and O–H groups in total. The van der Waals surface area contributed by atoms with Gasteiger partial charge in [0.2, 0.25) is 10.0 Å². The topological polar surface area (TPSA) is 91.5 Å². The molecular formula is C18H24N4O3S. The zero-order chi connectivity index (χ0) is 18.7. The molecule has 2 aromatic carbocycles. The first-order valence-electron chi connectivity index (χ1n) is 8.34. The number of sulfonamides is 1. The Hall–Kier alpha value is -2.29. The highest BCUT2D eigenvalue weighted by Gasteiger charge is 2.25. The SMILES string of the molecule is COc1ccc(C2CC(Nc3ccc(NS(C)(=O)=O)cc3C)NN2)cc1. The molecule has 0 aliphatic carbocycles. The summed E-state index contributed by atoms with van der Waals surface area (Å²) < 4.78 is 30.3. The maximum atomic E-state index is 11.3. The van der Waals surface area contributed by atoms with E-state index in [1.165, 1.54) is 5.56 Å². The van der Waals surface area contributed by atoms with Crippen LogP contribution in [-0.4, -0.2) is 27.9 Å². The highest BCUT2D eigenvalue weighted by atomic mass is 32.2. The van der Waals surface area contributed by atoms with Gasteiger partial charge >= 0.3 is 0 Å². The number of anilines is 2. The van der Waals surface area contributed by atoms with Crippen LogP contribution < -0.4 is 25.6 Å². The van der Waals surface area contributed by atoms with Crippen LogP contribution in [0.3, 0.4) is 0 Å². The van der Waals surface area contributed by atoms with E-state index in [1.54, 1.807) is 13.2 Å². The smallest absolute Gasteiger partial charge is 0.229 e. The summed E-state index contributed by atoms with van der Waals surface area (Å²) in [7, 11) is -1.62. The zero-order valence-corrected chi connectivity index (χ0v) is 15.9. The number of rotatable bonds is 6. The number of nitrogens with one attached hydrogen (secondary N) is 4. The summed E-state index contributed by atoms with van der Waals surface area (Å²) in [4.78, 5) is 0. The summed E-state index contributed by atoms with van der Waals surface area (Å²) in [5.41, 5.74) is 10.2. The summed E-state index contributed by atoms with van der Waals surface area (Å²) in [6, 6.07) is 13.7. The van der Waals surface area contributed by atoms with Crippen molar-refractivity contribution in [1.29, 1.82) is 0 Å². The van der Waals surface area contributed by atoms with E-state index in [4.69, 9.17) is 4.74 Å². The minimum Gasteiger partial charge on any atom is -0.497 e. The maximum Gasteiger partial charge on any atom is 0.229 e. The van der Waals surface area contributed by atoms with Gasteiger partial charge in [-0.25, -0.2) is 19.3 Å². The van der Waals surface area contributed by atoms with Gasteiger partial charge in [0.05, 0.1) is 19.5 Å². The number of hydrazine groups is 1. The predicted molar refractivity (Wildman–Crippen MR) is 104 cm³/mol. The molecule has 140 valence electrons. The van der Waals surface area contributed by atoms with Gasteiger partial charge in [-0.2, -0.15) is 0 Å². The minimum absolute atomic E-state index is 0.0644. The fraction of sp³-hybridized carbons (Fsp3) is 0.333. The average molecular weight is 376 g/mol. The fourth-order valence-electron chi connectivity index (χ4n) is 3.00. The molecule has 0 radical (unpaired) electrons. The van der Waals surface area contributed by atoms with Gasteiger partial charge in [0.15, 0.2) is 0 Å². The van der Waals surface area contributed by atoms with E-state index < -0.39 is 10.0 Å². The number of hydrogen-bond acceptors (Lipinski definition) is 6. The average Bonchev–Trinajstić information content (AvgIpc) is 3.05. The molecule has 7 nitrogen and oxygen atoms in total. The Morgan fingerprint density at radius 2 is 1.85 bits per heavy atom. The van der Waals surface area contributed by atoms with Crippen LogP contribution in [0.4, 0.5) is 11.4 Å². The second-order valence-electron chi connectivity index (χ2n) is 6.45. The van der Waals surface area contributed by atoms with Crippen molar-refractivity contribution in [3.8, 4) is 5.75 Å². The second-order valence-corrected chi connectivity index (χ2v) is 8.20. The predicted octanol–water partition coefficient (Wildman–Crippen LogP) is 2.35. The van der Waals surface area contributed by atoms with Crippen LogP contribution >= 0.6 is 0 Å². The lowest BCUT2D eigenvalue weighted by Gasteiger charge is -2.17. The summed E-state index contributed by atoms with van der Waals surface area (Å²) in [5, 5.41) is 3.45. The monoisotopic (exact) mass is 376 g/mol. The van der Waals surface area contributed by atoms with Gasteiger partial charge in [-0.05, 0) is 48.4 Å². The van der Waals surface area contributed by atoms with Crippen LogP contribution in [-0.2, 0) is 10.0 Å². The molecule has 0 aromatic heterocycles. The first-order chi connectivity index (χ1) is 12.3. The van der Waals surface area contributed by atoms with Crippen molar-refractivity contribution in [3.63, 3.8) is 0 Å². The lowest BCUT2D eigenvalue weighted by molar-refractivity contribution is 0.414. The number of aryl methyl sites for hydroxylation is 1. The highest BCUT2D eigenvalue weighted by molar-refractivity contribution is 7.92. The lowest BCUT2D eigenvalue weighted by atomic mass is 10.0. The fourth-order valence-corrected chi connectivity index (χ4v) is 3.55. The molecule has 1 saturated heterocycles. The molecule has 0 saturated carbocycles. The van der Waals surface area contributed by atoms with Crippen molar-refractivity contribution in [2.24, 2.45) is 0 Å². The quantitative estimate of drug-likeness (QED) is 0.619. The largest absolute Gasteiger partial charge is 0.497 e. The van der Waals surface area contributed by atoms with Crippen LogP contribution in [0, 0.1) is 6.92 Å². The molecule has 1 aliphatic rings. The summed E-state index contributed by atoms with van der Waals surface area (Å²) >= 11 is 0. The number of methoxy groups -OCH3 is 1. The Kier molecular flexibility index (Phi) is 5.36. The molecule has 0 spiro atoms. The van der Waals surface area contributed by atoms with Crippen molar-refractivity contribution >= 4 is 21.4 Å². The molecule has 3 rings (SSSR count). The molecule has 1 fully saturated rings. The molecule has 2 atom stereocenters. The van der Waals surface area contributed by atoms with E-state index in [9.17, 15) is 8.42 Å². The van der Waals surface area contributed by atoms with Gasteiger partial charge in [0.25, 0.3) is 0 Å². The van der Waals surface area contributed by atoms with E-state index in [0.29, 0.717) is 5.69 Å². The molecule has 0 amide bonds. The Morgan fingerprint density at radius 3 is 2.46 bits per heavy atom. The highest BCUT2D eigenvalue weighted by Crippen LogP contribution is 2.27. The molecule has 1 heterocycles. The van der Waals surface area contributed by atoms with Crippen LogP contribution in [0.15, 0.2) is 42.5 Å². The standard InChI is InChI=1S/C18H24N4O3S/c1-12-10-14(22-26(3,23)24)6-9-16(12)19-18-11-17(20-21-18)13-4-7-15(25-2)8-5-13/h4-10,17-22H,11H2,1-3H3. The van der Waals surface area contributed by atoms with E-state index in [2.05, 4.69) is 33.0 Å². The van der Waals surface area contributed by atoms with Gasteiger partial charge in [0, 0.05) is 23.8 Å². The summed E-state index contributed by atoms with van der Waals surface area (Å²) in [6.45, 7) is 1.94. The molecule has 26 heavy (non-hydrogen) atoms. The van der Waals surface area contributed by atoms with E-state index in [0.717, 1.165) is 29.7 Å². The summed E-state index contributed by atoms with van der Waals surface area (Å²) in [5.74, 6) is 0.841. The van der Waals surface area contributed by atoms with Crippen LogP contribution in [0.2, 0.25) is 0 Å².